The van der Waals surface area contributed by atoms with Gasteiger partial charge in [-0.1, -0.05) is 0 Å². The molecule has 110 valence electrons. The van der Waals surface area contributed by atoms with E-state index in [0.29, 0.717) is 18.7 Å². The molecule has 1 N–H and O–H groups in total. The molecule has 2 aromatic rings. The first-order valence-corrected chi connectivity index (χ1v) is 8.42. The van der Waals surface area contributed by atoms with Crippen LogP contribution in [0.4, 0.5) is 0 Å². The van der Waals surface area contributed by atoms with Gasteiger partial charge in [0.2, 0.25) is 0 Å². The zero-order valence-electron chi connectivity index (χ0n) is 11.4. The Kier molecular flexibility index (Phi) is 3.77. The summed E-state index contributed by atoms with van der Waals surface area (Å²) in [4.78, 5) is 29.6. The molecule has 1 fully saturated rings. The maximum Gasteiger partial charge on any atom is 0.308 e. The lowest BCUT2D eigenvalue weighted by Gasteiger charge is -2.22. The van der Waals surface area contributed by atoms with Crippen molar-refractivity contribution in [2.75, 3.05) is 6.54 Å². The molecule has 0 aromatic carbocycles. The molecule has 0 bridgehead atoms. The van der Waals surface area contributed by atoms with Gasteiger partial charge in [0.1, 0.15) is 10.7 Å². The van der Waals surface area contributed by atoms with E-state index in [0.717, 1.165) is 10.6 Å². The highest BCUT2D eigenvalue weighted by atomic mass is 32.1. The van der Waals surface area contributed by atoms with Gasteiger partial charge in [-0.25, -0.2) is 4.98 Å². The minimum Gasteiger partial charge on any atom is -0.481 e. The van der Waals surface area contributed by atoms with Gasteiger partial charge >= 0.3 is 5.97 Å². The van der Waals surface area contributed by atoms with Crippen molar-refractivity contribution < 1.29 is 14.7 Å². The Morgan fingerprint density at radius 3 is 2.86 bits per heavy atom. The Bertz CT molecular complexity index is 666. The van der Waals surface area contributed by atoms with Gasteiger partial charge in [0.15, 0.2) is 0 Å². The lowest BCUT2D eigenvalue weighted by molar-refractivity contribution is -0.142. The van der Waals surface area contributed by atoms with Gasteiger partial charge in [-0.2, -0.15) is 11.3 Å². The monoisotopic (exact) mass is 322 g/mol. The third-order valence-corrected chi connectivity index (χ3v) is 5.40. The molecule has 21 heavy (non-hydrogen) atoms. The summed E-state index contributed by atoms with van der Waals surface area (Å²) >= 11 is 3.02. The third-order valence-electron chi connectivity index (χ3n) is 3.82. The quantitative estimate of drug-likeness (QED) is 0.943. The summed E-state index contributed by atoms with van der Waals surface area (Å²) in [7, 11) is 0. The van der Waals surface area contributed by atoms with E-state index in [9.17, 15) is 9.59 Å². The predicted molar refractivity (Wildman–Crippen MR) is 81.7 cm³/mol. The second kappa shape index (κ2) is 5.57. The molecular formula is C14H14N2O3S2. The number of carboxylic acid groups (broad SMARTS) is 1. The Balaban J connectivity index is 1.79. The van der Waals surface area contributed by atoms with E-state index in [1.807, 2.05) is 16.8 Å². The van der Waals surface area contributed by atoms with Crippen LogP contribution in [-0.2, 0) is 4.79 Å². The minimum absolute atomic E-state index is 0.177. The SMILES string of the molecule is CC1C(C(=O)O)CCN1C(=O)c1csc(-c2ccsc2)n1. The molecule has 2 aromatic heterocycles. The fraction of sp³-hybridized carbons (Fsp3) is 0.357. The van der Waals surface area contributed by atoms with Crippen LogP contribution in [0.2, 0.25) is 0 Å². The molecule has 3 rings (SSSR count). The van der Waals surface area contributed by atoms with E-state index in [1.165, 1.54) is 11.3 Å². The van der Waals surface area contributed by atoms with Crippen LogP contribution in [0.5, 0.6) is 0 Å². The van der Waals surface area contributed by atoms with Gasteiger partial charge in [0.25, 0.3) is 5.91 Å². The summed E-state index contributed by atoms with van der Waals surface area (Å²) in [5.74, 6) is -1.50. The van der Waals surface area contributed by atoms with Gasteiger partial charge < -0.3 is 10.0 Å². The largest absolute Gasteiger partial charge is 0.481 e. The molecule has 0 radical (unpaired) electrons. The summed E-state index contributed by atoms with van der Waals surface area (Å²) in [6.07, 6.45) is 0.504. The van der Waals surface area contributed by atoms with Crippen molar-refractivity contribution in [2.45, 2.75) is 19.4 Å². The summed E-state index contributed by atoms with van der Waals surface area (Å²) in [5.41, 5.74) is 1.42. The van der Waals surface area contributed by atoms with Gasteiger partial charge in [0, 0.05) is 28.9 Å². The second-order valence-corrected chi connectivity index (χ2v) is 6.66. The Hall–Kier alpha value is -1.73. The molecule has 2 unspecified atom stereocenters. The van der Waals surface area contributed by atoms with E-state index in [4.69, 9.17) is 5.11 Å². The van der Waals surface area contributed by atoms with E-state index in [1.54, 1.807) is 28.5 Å². The van der Waals surface area contributed by atoms with Crippen molar-refractivity contribution in [3.63, 3.8) is 0 Å². The number of thiophene rings is 1. The van der Waals surface area contributed by atoms with Crippen LogP contribution >= 0.6 is 22.7 Å². The molecule has 2 atom stereocenters. The smallest absolute Gasteiger partial charge is 0.308 e. The van der Waals surface area contributed by atoms with Crippen LogP contribution < -0.4 is 0 Å². The van der Waals surface area contributed by atoms with Gasteiger partial charge in [-0.3, -0.25) is 9.59 Å². The van der Waals surface area contributed by atoms with Crippen molar-refractivity contribution in [1.82, 2.24) is 9.88 Å². The van der Waals surface area contributed by atoms with Crippen molar-refractivity contribution in [1.29, 1.82) is 0 Å². The average Bonchev–Trinajstić information content (AvgIpc) is 3.18. The minimum atomic E-state index is -0.838. The Labute approximate surface area is 129 Å². The fourth-order valence-electron chi connectivity index (χ4n) is 2.59. The highest BCUT2D eigenvalue weighted by molar-refractivity contribution is 7.14. The topological polar surface area (TPSA) is 70.5 Å². The number of nitrogens with zero attached hydrogens (tertiary/aromatic N) is 2. The number of rotatable bonds is 3. The Morgan fingerprint density at radius 1 is 1.43 bits per heavy atom. The van der Waals surface area contributed by atoms with E-state index >= 15 is 0 Å². The normalized spacial score (nSPS) is 21.7. The standard InChI is InChI=1S/C14H14N2O3S2/c1-8-10(14(18)19)2-4-16(8)13(17)11-7-21-12(15-11)9-3-5-20-6-9/h3,5-8,10H,2,4H2,1H3,(H,18,19). The first-order valence-electron chi connectivity index (χ1n) is 6.60. The van der Waals surface area contributed by atoms with E-state index in [-0.39, 0.29) is 11.9 Å². The fourth-order valence-corrected chi connectivity index (χ4v) is 4.10. The first kappa shape index (κ1) is 14.2. The summed E-state index contributed by atoms with van der Waals surface area (Å²) in [6.45, 7) is 2.26. The number of carbonyl (C=O) groups excluding carboxylic acids is 1. The number of carbonyl (C=O) groups is 2. The van der Waals surface area contributed by atoms with Crippen LogP contribution in [0.1, 0.15) is 23.8 Å². The molecule has 1 saturated heterocycles. The highest BCUT2D eigenvalue weighted by Crippen LogP contribution is 2.29. The lowest BCUT2D eigenvalue weighted by Crippen LogP contribution is -2.37. The van der Waals surface area contributed by atoms with Crippen LogP contribution in [0.25, 0.3) is 10.6 Å². The molecule has 3 heterocycles. The zero-order chi connectivity index (χ0) is 15.0. The first-order chi connectivity index (χ1) is 10.1. The molecular weight excluding hydrogens is 308 g/mol. The number of aromatic nitrogens is 1. The number of amides is 1. The maximum absolute atomic E-state index is 12.5. The van der Waals surface area contributed by atoms with Gasteiger partial charge in [-0.05, 0) is 24.8 Å². The molecule has 0 spiro atoms. The van der Waals surface area contributed by atoms with Crippen molar-refractivity contribution in [3.8, 4) is 10.6 Å². The summed E-state index contributed by atoms with van der Waals surface area (Å²) in [5, 5.41) is 15.7. The number of carboxylic acids is 1. The summed E-state index contributed by atoms with van der Waals surface area (Å²) in [6, 6.07) is 1.68. The zero-order valence-corrected chi connectivity index (χ0v) is 13.0. The average molecular weight is 322 g/mol. The molecule has 1 aliphatic rings. The molecule has 1 amide bonds. The number of hydrogen-bond donors (Lipinski definition) is 1. The number of likely N-dealkylation sites (tertiary alicyclic amines) is 1. The molecule has 0 saturated carbocycles. The van der Waals surface area contributed by atoms with Crippen molar-refractivity contribution in [2.24, 2.45) is 5.92 Å². The summed E-state index contributed by atoms with van der Waals surface area (Å²) < 4.78 is 0. The number of hydrogen-bond acceptors (Lipinski definition) is 5. The van der Waals surface area contributed by atoms with Gasteiger partial charge in [0.05, 0.1) is 5.92 Å². The molecule has 7 heteroatoms. The van der Waals surface area contributed by atoms with E-state index < -0.39 is 11.9 Å². The second-order valence-electron chi connectivity index (χ2n) is 5.02. The molecule has 1 aliphatic heterocycles. The third kappa shape index (κ3) is 2.58. The number of aliphatic carboxylic acids is 1. The van der Waals surface area contributed by atoms with Crippen molar-refractivity contribution in [3.05, 3.63) is 27.9 Å². The van der Waals surface area contributed by atoms with Gasteiger partial charge in [-0.15, -0.1) is 11.3 Å². The van der Waals surface area contributed by atoms with E-state index in [2.05, 4.69) is 4.98 Å². The lowest BCUT2D eigenvalue weighted by atomic mass is 10.0. The van der Waals surface area contributed by atoms with Crippen LogP contribution in [-0.4, -0.2) is 39.5 Å². The maximum atomic E-state index is 12.5. The molecule has 5 nitrogen and oxygen atoms in total. The highest BCUT2D eigenvalue weighted by Gasteiger charge is 2.38. The predicted octanol–water partition coefficient (Wildman–Crippen LogP) is 2.81. The van der Waals surface area contributed by atoms with Crippen LogP contribution in [0.15, 0.2) is 22.2 Å². The van der Waals surface area contributed by atoms with Crippen LogP contribution in [0, 0.1) is 5.92 Å². The molecule has 0 aliphatic carbocycles. The Morgan fingerprint density at radius 2 is 2.24 bits per heavy atom. The van der Waals surface area contributed by atoms with Crippen LogP contribution in [0.3, 0.4) is 0 Å². The van der Waals surface area contributed by atoms with Crippen molar-refractivity contribution >= 4 is 34.6 Å². The number of thiazole rings is 1.